The van der Waals surface area contributed by atoms with E-state index in [1.807, 2.05) is 6.07 Å². The molecule has 0 atom stereocenters. The molecule has 0 saturated heterocycles. The van der Waals surface area contributed by atoms with E-state index in [-0.39, 0.29) is 11.4 Å². The van der Waals surface area contributed by atoms with Gasteiger partial charge in [0, 0.05) is 18.3 Å². The zero-order valence-corrected chi connectivity index (χ0v) is 10.4. The van der Waals surface area contributed by atoms with Crippen molar-refractivity contribution in [2.24, 2.45) is 0 Å². The summed E-state index contributed by atoms with van der Waals surface area (Å²) in [5.74, 6) is 0.646. The third-order valence-electron chi connectivity index (χ3n) is 3.01. The lowest BCUT2D eigenvalue weighted by Gasteiger charge is -2.14. The molecule has 2 rings (SSSR count). The quantitative estimate of drug-likeness (QED) is 0.819. The molecule has 0 radical (unpaired) electrons. The minimum atomic E-state index is -0.0308. The topological polar surface area (TPSA) is 54.0 Å². The predicted molar refractivity (Wildman–Crippen MR) is 68.1 cm³/mol. The van der Waals surface area contributed by atoms with E-state index < -0.39 is 0 Å². The van der Waals surface area contributed by atoms with E-state index in [9.17, 15) is 4.79 Å². The summed E-state index contributed by atoms with van der Waals surface area (Å²) < 4.78 is 0. The maximum Gasteiger partial charge on any atom is 0.255 e. The molecule has 0 spiro atoms. The minimum Gasteiger partial charge on any atom is -0.369 e. The SMILES string of the molecule is CCCNc1ncccc1C(=O)NC1(C)CC1. The number of aromatic nitrogens is 1. The van der Waals surface area contributed by atoms with Crippen LogP contribution in [0.15, 0.2) is 18.3 Å². The van der Waals surface area contributed by atoms with Crippen LogP contribution < -0.4 is 10.6 Å². The van der Waals surface area contributed by atoms with Crippen molar-refractivity contribution in [2.75, 3.05) is 11.9 Å². The van der Waals surface area contributed by atoms with Crippen LogP contribution in [-0.4, -0.2) is 23.0 Å². The third-order valence-corrected chi connectivity index (χ3v) is 3.01. The lowest BCUT2D eigenvalue weighted by atomic mass is 10.2. The number of nitrogens with one attached hydrogen (secondary N) is 2. The van der Waals surface area contributed by atoms with Crippen molar-refractivity contribution in [1.29, 1.82) is 0 Å². The van der Waals surface area contributed by atoms with E-state index in [4.69, 9.17) is 0 Å². The molecule has 1 fully saturated rings. The molecular weight excluding hydrogens is 214 g/mol. The van der Waals surface area contributed by atoms with Crippen LogP contribution in [0.3, 0.4) is 0 Å². The highest BCUT2D eigenvalue weighted by Crippen LogP contribution is 2.34. The Kier molecular flexibility index (Phi) is 3.31. The minimum absolute atomic E-state index is 0.00888. The van der Waals surface area contributed by atoms with Crippen LogP contribution in [0.2, 0.25) is 0 Å². The van der Waals surface area contributed by atoms with Crippen molar-refractivity contribution in [2.45, 2.75) is 38.6 Å². The second-order valence-electron chi connectivity index (χ2n) is 4.84. The lowest BCUT2D eigenvalue weighted by molar-refractivity contribution is 0.0936. The average molecular weight is 233 g/mol. The number of nitrogens with zero attached hydrogens (tertiary/aromatic N) is 1. The van der Waals surface area contributed by atoms with E-state index in [0.29, 0.717) is 11.4 Å². The average Bonchev–Trinajstić information content (AvgIpc) is 3.04. The normalized spacial score (nSPS) is 16.4. The number of rotatable bonds is 5. The van der Waals surface area contributed by atoms with E-state index in [2.05, 4.69) is 29.5 Å². The van der Waals surface area contributed by atoms with E-state index in [0.717, 1.165) is 25.8 Å². The van der Waals surface area contributed by atoms with Crippen molar-refractivity contribution in [3.8, 4) is 0 Å². The summed E-state index contributed by atoms with van der Waals surface area (Å²) in [6, 6.07) is 3.60. The first-order valence-corrected chi connectivity index (χ1v) is 6.16. The van der Waals surface area contributed by atoms with Crippen LogP contribution in [0.4, 0.5) is 5.82 Å². The van der Waals surface area contributed by atoms with Crippen LogP contribution in [0.5, 0.6) is 0 Å². The van der Waals surface area contributed by atoms with Gasteiger partial charge in [0.2, 0.25) is 0 Å². The van der Waals surface area contributed by atoms with Crippen LogP contribution in [-0.2, 0) is 0 Å². The molecule has 0 aromatic carbocycles. The Labute approximate surface area is 102 Å². The highest BCUT2D eigenvalue weighted by atomic mass is 16.1. The number of amides is 1. The fraction of sp³-hybridized carbons (Fsp3) is 0.538. The fourth-order valence-corrected chi connectivity index (χ4v) is 1.63. The Morgan fingerprint density at radius 3 is 2.94 bits per heavy atom. The number of pyridine rings is 1. The smallest absolute Gasteiger partial charge is 0.255 e. The number of hydrogen-bond donors (Lipinski definition) is 2. The number of carbonyl (C=O) groups is 1. The van der Waals surface area contributed by atoms with Gasteiger partial charge in [-0.15, -0.1) is 0 Å². The van der Waals surface area contributed by atoms with Crippen LogP contribution in [0, 0.1) is 0 Å². The Bertz CT molecular complexity index is 413. The highest BCUT2D eigenvalue weighted by molar-refractivity contribution is 5.99. The Balaban J connectivity index is 2.10. The van der Waals surface area contributed by atoms with E-state index in [1.54, 1.807) is 12.3 Å². The van der Waals surface area contributed by atoms with Crippen molar-refractivity contribution < 1.29 is 4.79 Å². The molecule has 1 aliphatic carbocycles. The van der Waals surface area contributed by atoms with Crippen molar-refractivity contribution in [1.82, 2.24) is 10.3 Å². The standard InChI is InChI=1S/C13H19N3O/c1-3-8-14-11-10(5-4-9-15-11)12(17)16-13(2)6-7-13/h4-5,9H,3,6-8H2,1-2H3,(H,14,15)(H,16,17). The van der Waals surface area contributed by atoms with Gasteiger partial charge < -0.3 is 10.6 Å². The largest absolute Gasteiger partial charge is 0.369 e. The summed E-state index contributed by atoms with van der Waals surface area (Å²) in [7, 11) is 0. The van der Waals surface area contributed by atoms with Gasteiger partial charge in [-0.05, 0) is 38.3 Å². The first-order valence-electron chi connectivity index (χ1n) is 6.16. The molecule has 2 N–H and O–H groups in total. The maximum atomic E-state index is 12.1. The molecule has 0 aliphatic heterocycles. The van der Waals surface area contributed by atoms with E-state index >= 15 is 0 Å². The molecule has 1 aliphatic rings. The molecule has 0 unspecified atom stereocenters. The van der Waals surface area contributed by atoms with Gasteiger partial charge in [0.1, 0.15) is 5.82 Å². The van der Waals surface area contributed by atoms with Crippen LogP contribution >= 0.6 is 0 Å². The molecule has 17 heavy (non-hydrogen) atoms. The van der Waals surface area contributed by atoms with E-state index in [1.165, 1.54) is 0 Å². The number of carbonyl (C=O) groups excluding carboxylic acids is 1. The molecular formula is C13H19N3O. The summed E-state index contributed by atoms with van der Waals surface area (Å²) >= 11 is 0. The monoisotopic (exact) mass is 233 g/mol. The van der Waals surface area contributed by atoms with Gasteiger partial charge >= 0.3 is 0 Å². The zero-order valence-electron chi connectivity index (χ0n) is 10.4. The van der Waals surface area contributed by atoms with Crippen molar-refractivity contribution >= 4 is 11.7 Å². The van der Waals surface area contributed by atoms with Gasteiger partial charge in [-0.25, -0.2) is 4.98 Å². The molecule has 1 aromatic heterocycles. The van der Waals surface area contributed by atoms with Crippen molar-refractivity contribution in [3.05, 3.63) is 23.9 Å². The summed E-state index contributed by atoms with van der Waals surface area (Å²) in [5.41, 5.74) is 0.642. The molecule has 4 heteroatoms. The summed E-state index contributed by atoms with van der Waals surface area (Å²) in [4.78, 5) is 16.3. The molecule has 92 valence electrons. The van der Waals surface area contributed by atoms with Crippen molar-refractivity contribution in [3.63, 3.8) is 0 Å². The van der Waals surface area contributed by atoms with Crippen LogP contribution in [0.1, 0.15) is 43.5 Å². The Hall–Kier alpha value is -1.58. The molecule has 0 bridgehead atoms. The fourth-order valence-electron chi connectivity index (χ4n) is 1.63. The summed E-state index contributed by atoms with van der Waals surface area (Å²) in [5, 5.41) is 6.22. The Morgan fingerprint density at radius 1 is 1.53 bits per heavy atom. The Morgan fingerprint density at radius 2 is 2.29 bits per heavy atom. The maximum absolute atomic E-state index is 12.1. The van der Waals surface area contributed by atoms with Gasteiger partial charge in [-0.2, -0.15) is 0 Å². The van der Waals surface area contributed by atoms with Gasteiger partial charge in [-0.1, -0.05) is 6.92 Å². The first-order chi connectivity index (χ1) is 8.14. The lowest BCUT2D eigenvalue weighted by Crippen LogP contribution is -2.34. The molecule has 4 nitrogen and oxygen atoms in total. The third kappa shape index (κ3) is 2.96. The second kappa shape index (κ2) is 4.73. The summed E-state index contributed by atoms with van der Waals surface area (Å²) in [6.45, 7) is 4.98. The second-order valence-corrected chi connectivity index (χ2v) is 4.84. The van der Waals surface area contributed by atoms with Gasteiger partial charge in [-0.3, -0.25) is 4.79 Å². The molecule has 1 saturated carbocycles. The molecule has 1 heterocycles. The summed E-state index contributed by atoms with van der Waals surface area (Å²) in [6.07, 6.45) is 4.84. The first kappa shape index (κ1) is 11.9. The predicted octanol–water partition coefficient (Wildman–Crippen LogP) is 2.19. The van der Waals surface area contributed by atoms with Gasteiger partial charge in [0.25, 0.3) is 5.91 Å². The highest BCUT2D eigenvalue weighted by Gasteiger charge is 2.39. The van der Waals surface area contributed by atoms with Crippen LogP contribution in [0.25, 0.3) is 0 Å². The zero-order chi connectivity index (χ0) is 12.3. The molecule has 1 aromatic rings. The molecule has 1 amide bonds. The number of anilines is 1. The number of hydrogen-bond acceptors (Lipinski definition) is 3. The van der Waals surface area contributed by atoms with Gasteiger partial charge in [0.05, 0.1) is 5.56 Å². The van der Waals surface area contributed by atoms with Gasteiger partial charge in [0.15, 0.2) is 0 Å².